The van der Waals surface area contributed by atoms with E-state index >= 15 is 0 Å². The van der Waals surface area contributed by atoms with Gasteiger partial charge < -0.3 is 10.6 Å². The topological polar surface area (TPSA) is 37.0 Å². The summed E-state index contributed by atoms with van der Waals surface area (Å²) < 4.78 is 0. The molecular formula is C12H13N3. The number of nitrogens with one attached hydrogen (secondary N) is 2. The molecule has 0 unspecified atom stereocenters. The molecule has 0 fully saturated rings. The smallest absolute Gasteiger partial charge is 0.0591 e. The highest BCUT2D eigenvalue weighted by molar-refractivity contribution is 5.62. The SMILES string of the molecule is CNc1cncc(Nc2ccccc2)c1. The number of para-hydroxylation sites is 1. The van der Waals surface area contributed by atoms with Crippen LogP contribution in [0.15, 0.2) is 48.8 Å². The molecule has 0 bridgehead atoms. The van der Waals surface area contributed by atoms with Crippen molar-refractivity contribution in [2.24, 2.45) is 0 Å². The molecule has 1 aromatic heterocycles. The summed E-state index contributed by atoms with van der Waals surface area (Å²) in [5.74, 6) is 0. The van der Waals surface area contributed by atoms with E-state index in [1.54, 1.807) is 12.4 Å². The number of anilines is 3. The maximum absolute atomic E-state index is 4.13. The molecule has 0 radical (unpaired) electrons. The van der Waals surface area contributed by atoms with Gasteiger partial charge in [0.05, 0.1) is 23.8 Å². The van der Waals surface area contributed by atoms with E-state index in [9.17, 15) is 0 Å². The van der Waals surface area contributed by atoms with Gasteiger partial charge in [0.15, 0.2) is 0 Å². The fourth-order valence-electron chi connectivity index (χ4n) is 1.33. The monoisotopic (exact) mass is 199 g/mol. The van der Waals surface area contributed by atoms with Gasteiger partial charge in [0.25, 0.3) is 0 Å². The average Bonchev–Trinajstić information content (AvgIpc) is 2.31. The van der Waals surface area contributed by atoms with Crippen molar-refractivity contribution in [3.05, 3.63) is 48.8 Å². The summed E-state index contributed by atoms with van der Waals surface area (Å²) in [5, 5.41) is 6.33. The van der Waals surface area contributed by atoms with Gasteiger partial charge in [-0.1, -0.05) is 18.2 Å². The van der Waals surface area contributed by atoms with Crippen molar-refractivity contribution in [1.82, 2.24) is 4.98 Å². The second kappa shape index (κ2) is 4.46. The predicted molar refractivity (Wildman–Crippen MR) is 63.5 cm³/mol. The summed E-state index contributed by atoms with van der Waals surface area (Å²) in [5.41, 5.74) is 3.04. The predicted octanol–water partition coefficient (Wildman–Crippen LogP) is 2.87. The summed E-state index contributed by atoms with van der Waals surface area (Å²) in [6, 6.07) is 12.0. The van der Waals surface area contributed by atoms with Crippen LogP contribution in [-0.2, 0) is 0 Å². The molecule has 1 heterocycles. The van der Waals surface area contributed by atoms with Crippen LogP contribution in [0.1, 0.15) is 0 Å². The Morgan fingerprint density at radius 1 is 0.933 bits per heavy atom. The average molecular weight is 199 g/mol. The molecule has 1 aromatic carbocycles. The highest BCUT2D eigenvalue weighted by atomic mass is 14.9. The van der Waals surface area contributed by atoms with E-state index in [2.05, 4.69) is 15.6 Å². The molecule has 0 aliphatic carbocycles. The highest BCUT2D eigenvalue weighted by Crippen LogP contribution is 2.17. The molecule has 0 spiro atoms. The molecule has 2 N–H and O–H groups in total. The number of hydrogen-bond donors (Lipinski definition) is 2. The van der Waals surface area contributed by atoms with Gasteiger partial charge in [-0.2, -0.15) is 0 Å². The zero-order chi connectivity index (χ0) is 10.5. The van der Waals surface area contributed by atoms with E-state index in [0.717, 1.165) is 17.1 Å². The summed E-state index contributed by atoms with van der Waals surface area (Å²) in [4.78, 5) is 4.13. The summed E-state index contributed by atoms with van der Waals surface area (Å²) in [6.45, 7) is 0. The Bertz CT molecular complexity index is 426. The number of hydrogen-bond acceptors (Lipinski definition) is 3. The minimum Gasteiger partial charge on any atom is -0.387 e. The number of aromatic nitrogens is 1. The fraction of sp³-hybridized carbons (Fsp3) is 0.0833. The molecule has 15 heavy (non-hydrogen) atoms. The van der Waals surface area contributed by atoms with Crippen LogP contribution in [0.3, 0.4) is 0 Å². The first-order valence-electron chi connectivity index (χ1n) is 4.83. The van der Waals surface area contributed by atoms with E-state index in [0.29, 0.717) is 0 Å². The van der Waals surface area contributed by atoms with Crippen LogP contribution in [0.25, 0.3) is 0 Å². The summed E-state index contributed by atoms with van der Waals surface area (Å²) >= 11 is 0. The molecule has 2 aromatic rings. The van der Waals surface area contributed by atoms with Crippen LogP contribution < -0.4 is 10.6 Å². The standard InChI is InChI=1S/C12H13N3/c1-13-11-7-12(9-14-8-11)15-10-5-3-2-4-6-10/h2-9,13,15H,1H3. The third kappa shape index (κ3) is 2.47. The van der Waals surface area contributed by atoms with E-state index < -0.39 is 0 Å². The van der Waals surface area contributed by atoms with Gasteiger partial charge in [-0.05, 0) is 18.2 Å². The minimum atomic E-state index is 0.980. The summed E-state index contributed by atoms with van der Waals surface area (Å²) in [7, 11) is 1.88. The van der Waals surface area contributed by atoms with Crippen LogP contribution >= 0.6 is 0 Å². The number of pyridine rings is 1. The number of benzene rings is 1. The van der Waals surface area contributed by atoms with Gasteiger partial charge >= 0.3 is 0 Å². The maximum atomic E-state index is 4.13. The lowest BCUT2D eigenvalue weighted by Gasteiger charge is -2.07. The molecular weight excluding hydrogens is 186 g/mol. The van der Waals surface area contributed by atoms with Crippen LogP contribution in [0.2, 0.25) is 0 Å². The molecule has 0 aliphatic rings. The van der Waals surface area contributed by atoms with Crippen molar-refractivity contribution < 1.29 is 0 Å². The largest absolute Gasteiger partial charge is 0.387 e. The van der Waals surface area contributed by atoms with Crippen molar-refractivity contribution in [1.29, 1.82) is 0 Å². The van der Waals surface area contributed by atoms with E-state index in [1.807, 2.05) is 43.4 Å². The Kier molecular flexibility index (Phi) is 2.83. The molecule has 2 rings (SSSR count). The highest BCUT2D eigenvalue weighted by Gasteiger charge is 1.95. The maximum Gasteiger partial charge on any atom is 0.0591 e. The van der Waals surface area contributed by atoms with Crippen molar-refractivity contribution in [3.8, 4) is 0 Å². The molecule has 0 saturated heterocycles. The molecule has 3 heteroatoms. The second-order valence-electron chi connectivity index (χ2n) is 3.20. The first kappa shape index (κ1) is 9.52. The number of rotatable bonds is 3. The van der Waals surface area contributed by atoms with Crippen molar-refractivity contribution in [3.63, 3.8) is 0 Å². The lowest BCUT2D eigenvalue weighted by Crippen LogP contribution is -1.93. The fourth-order valence-corrected chi connectivity index (χ4v) is 1.33. The molecule has 76 valence electrons. The summed E-state index contributed by atoms with van der Waals surface area (Å²) in [6.07, 6.45) is 3.59. The van der Waals surface area contributed by atoms with Crippen LogP contribution in [0, 0.1) is 0 Å². The Morgan fingerprint density at radius 2 is 1.67 bits per heavy atom. The zero-order valence-electron chi connectivity index (χ0n) is 8.57. The first-order valence-corrected chi connectivity index (χ1v) is 4.83. The van der Waals surface area contributed by atoms with Crippen LogP contribution in [-0.4, -0.2) is 12.0 Å². The lowest BCUT2D eigenvalue weighted by atomic mass is 10.3. The molecule has 0 aliphatic heterocycles. The quantitative estimate of drug-likeness (QED) is 0.798. The Morgan fingerprint density at radius 3 is 2.40 bits per heavy atom. The van der Waals surface area contributed by atoms with Crippen LogP contribution in [0.4, 0.5) is 17.1 Å². The zero-order valence-corrected chi connectivity index (χ0v) is 8.57. The Hall–Kier alpha value is -2.03. The van der Waals surface area contributed by atoms with Gasteiger partial charge in [0.1, 0.15) is 0 Å². The third-order valence-corrected chi connectivity index (χ3v) is 2.09. The van der Waals surface area contributed by atoms with Gasteiger partial charge in [-0.3, -0.25) is 4.98 Å². The van der Waals surface area contributed by atoms with Crippen LogP contribution in [0.5, 0.6) is 0 Å². The Balaban J connectivity index is 2.17. The van der Waals surface area contributed by atoms with Crippen molar-refractivity contribution >= 4 is 17.1 Å². The van der Waals surface area contributed by atoms with E-state index in [4.69, 9.17) is 0 Å². The lowest BCUT2D eigenvalue weighted by molar-refractivity contribution is 1.30. The molecule has 0 saturated carbocycles. The normalized spacial score (nSPS) is 9.67. The number of nitrogens with zero attached hydrogens (tertiary/aromatic N) is 1. The van der Waals surface area contributed by atoms with Crippen molar-refractivity contribution in [2.75, 3.05) is 17.7 Å². The molecule has 0 atom stereocenters. The second-order valence-corrected chi connectivity index (χ2v) is 3.20. The Labute approximate surface area is 89.2 Å². The molecule has 3 nitrogen and oxygen atoms in total. The van der Waals surface area contributed by atoms with E-state index in [1.165, 1.54) is 0 Å². The van der Waals surface area contributed by atoms with Gasteiger partial charge in [-0.25, -0.2) is 0 Å². The van der Waals surface area contributed by atoms with Gasteiger partial charge in [-0.15, -0.1) is 0 Å². The minimum absolute atomic E-state index is 0.980. The first-order chi connectivity index (χ1) is 7.38. The molecule has 0 amide bonds. The van der Waals surface area contributed by atoms with Crippen molar-refractivity contribution in [2.45, 2.75) is 0 Å². The third-order valence-electron chi connectivity index (χ3n) is 2.09. The van der Waals surface area contributed by atoms with Gasteiger partial charge in [0, 0.05) is 12.7 Å². The van der Waals surface area contributed by atoms with E-state index in [-0.39, 0.29) is 0 Å². The van der Waals surface area contributed by atoms with Gasteiger partial charge in [0.2, 0.25) is 0 Å².